The van der Waals surface area contributed by atoms with Gasteiger partial charge >= 0.3 is 5.97 Å². The molecule has 0 fully saturated rings. The quantitative estimate of drug-likeness (QED) is 0.496. The summed E-state index contributed by atoms with van der Waals surface area (Å²) < 4.78 is 11.0. The number of allylic oxidation sites excluding steroid dienone is 1. The third-order valence-electron chi connectivity index (χ3n) is 6.68. The van der Waals surface area contributed by atoms with Crippen LogP contribution in [0.4, 0.5) is 0 Å². The topological polar surface area (TPSA) is 110 Å². The van der Waals surface area contributed by atoms with Crippen molar-refractivity contribution in [3.05, 3.63) is 35.6 Å². The van der Waals surface area contributed by atoms with Crippen LogP contribution in [-0.2, 0) is 14.3 Å². The van der Waals surface area contributed by atoms with E-state index in [-0.39, 0.29) is 18.1 Å². The van der Waals surface area contributed by atoms with Gasteiger partial charge in [-0.2, -0.15) is 0 Å². The Kier molecular flexibility index (Phi) is 9.61. The molecule has 2 N–H and O–H groups in total. The van der Waals surface area contributed by atoms with E-state index < -0.39 is 35.6 Å². The molecule has 1 aromatic heterocycles. The van der Waals surface area contributed by atoms with Gasteiger partial charge in [0.25, 0.3) is 0 Å². The van der Waals surface area contributed by atoms with Crippen molar-refractivity contribution in [2.45, 2.75) is 92.0 Å². The van der Waals surface area contributed by atoms with Crippen LogP contribution in [0.2, 0.25) is 0 Å². The number of nitrogens with zero attached hydrogens (tertiary/aromatic N) is 1. The van der Waals surface area contributed by atoms with Crippen LogP contribution < -0.4 is 0 Å². The van der Waals surface area contributed by atoms with Gasteiger partial charge in [0.15, 0.2) is 5.89 Å². The number of aliphatic hydroxyl groups is 2. The van der Waals surface area contributed by atoms with Crippen molar-refractivity contribution in [1.82, 2.24) is 4.98 Å². The predicted octanol–water partition coefficient (Wildman–Crippen LogP) is 4.41. The Morgan fingerprint density at radius 1 is 1.21 bits per heavy atom. The molecule has 0 aliphatic carbocycles. The largest absolute Gasteiger partial charge is 0.457 e. The third-order valence-corrected chi connectivity index (χ3v) is 6.68. The summed E-state index contributed by atoms with van der Waals surface area (Å²) in [6.45, 7) is 10.5. The molecule has 0 saturated carbocycles. The summed E-state index contributed by atoms with van der Waals surface area (Å²) in [4.78, 5) is 30.1. The van der Waals surface area contributed by atoms with Crippen LogP contribution in [0.1, 0.15) is 78.3 Å². The molecule has 0 aromatic carbocycles. The Hall–Kier alpha value is -2.25. The van der Waals surface area contributed by atoms with Crippen molar-refractivity contribution < 1.29 is 29.0 Å². The maximum absolute atomic E-state index is 13.1. The van der Waals surface area contributed by atoms with Gasteiger partial charge in [0.05, 0.1) is 24.0 Å². The summed E-state index contributed by atoms with van der Waals surface area (Å²) in [6, 6.07) is 0. The van der Waals surface area contributed by atoms with Gasteiger partial charge in [-0.1, -0.05) is 39.8 Å². The number of oxazole rings is 1. The highest BCUT2D eigenvalue weighted by Gasteiger charge is 2.42. The molecule has 1 aliphatic rings. The van der Waals surface area contributed by atoms with Gasteiger partial charge in [-0.25, -0.2) is 4.98 Å². The van der Waals surface area contributed by atoms with Crippen molar-refractivity contribution >= 4 is 17.8 Å². The van der Waals surface area contributed by atoms with Crippen molar-refractivity contribution in [1.29, 1.82) is 0 Å². The molecule has 0 bridgehead atoms. The van der Waals surface area contributed by atoms with Gasteiger partial charge in [0, 0.05) is 19.3 Å². The first-order chi connectivity index (χ1) is 15.4. The standard InChI is InChI=1S/C26H39NO6/c1-16-11-9-7-8-10-12-21(17(2)13-20-15-32-19(4)27-20)33-23(29)14-22(28)26(5,6)25(31)18(3)24(16)30/h8,10,13,15-16,18,21-22,24,28,30H,7,9,11-12,14H2,1-6H3/b10-8+,17-13+/t16-,18+,21-,22-,24-/m0/s1. The van der Waals surface area contributed by atoms with Crippen LogP contribution in [-0.4, -0.2) is 45.3 Å². The number of carbonyl (C=O) groups excluding carboxylic acids is 2. The number of aryl methyl sites for hydroxylation is 1. The zero-order valence-corrected chi connectivity index (χ0v) is 20.7. The SMILES string of the molecule is C/C(=C\c1coc(C)n1)[C@@H]1C/C=C/CCC[C@H](C)[C@H](O)[C@@H](C)C(=O)C(C)(C)[C@@H](O)CC(=O)O1. The summed E-state index contributed by atoms with van der Waals surface area (Å²) in [5, 5.41) is 21.5. The minimum atomic E-state index is -1.23. The van der Waals surface area contributed by atoms with Crippen LogP contribution in [0, 0.1) is 24.2 Å². The molecule has 1 aromatic rings. The molecule has 0 radical (unpaired) electrons. The molecular formula is C26H39NO6. The number of Topliss-reactive ketones (excluding diaryl/α,β-unsaturated/α-hetero) is 1. The molecule has 0 unspecified atom stereocenters. The summed E-state index contributed by atoms with van der Waals surface area (Å²) in [5.74, 6) is -0.991. The second-order valence-electron chi connectivity index (χ2n) is 9.86. The monoisotopic (exact) mass is 461 g/mol. The maximum Gasteiger partial charge on any atom is 0.309 e. The smallest absolute Gasteiger partial charge is 0.309 e. The Labute approximate surface area is 196 Å². The fourth-order valence-electron chi connectivity index (χ4n) is 4.18. The Morgan fingerprint density at radius 3 is 2.55 bits per heavy atom. The van der Waals surface area contributed by atoms with Gasteiger partial charge in [0.2, 0.25) is 0 Å². The molecule has 0 amide bonds. The molecule has 184 valence electrons. The molecule has 1 aliphatic heterocycles. The highest BCUT2D eigenvalue weighted by molar-refractivity contribution is 5.88. The number of aromatic nitrogens is 1. The van der Waals surface area contributed by atoms with Crippen LogP contribution in [0.3, 0.4) is 0 Å². The number of carbonyl (C=O) groups is 2. The van der Waals surface area contributed by atoms with Gasteiger partial charge in [-0.3, -0.25) is 9.59 Å². The minimum absolute atomic E-state index is 0.0491. The Balaban J connectivity index is 2.27. The third kappa shape index (κ3) is 7.37. The van der Waals surface area contributed by atoms with Crippen molar-refractivity contribution in [3.8, 4) is 0 Å². The van der Waals surface area contributed by atoms with E-state index in [0.717, 1.165) is 24.8 Å². The highest BCUT2D eigenvalue weighted by atomic mass is 16.5. The fourth-order valence-corrected chi connectivity index (χ4v) is 4.18. The van der Waals surface area contributed by atoms with Crippen LogP contribution >= 0.6 is 0 Å². The first-order valence-corrected chi connectivity index (χ1v) is 11.8. The first-order valence-electron chi connectivity index (χ1n) is 11.8. The van der Waals surface area contributed by atoms with Crippen LogP contribution in [0.15, 0.2) is 28.4 Å². The van der Waals surface area contributed by atoms with Crippen molar-refractivity contribution in [2.24, 2.45) is 17.3 Å². The predicted molar refractivity (Wildman–Crippen MR) is 126 cm³/mol. The Morgan fingerprint density at radius 2 is 1.91 bits per heavy atom. The number of hydrogen-bond donors (Lipinski definition) is 2. The summed E-state index contributed by atoms with van der Waals surface area (Å²) in [6.07, 6.45) is 7.50. The van der Waals surface area contributed by atoms with Gasteiger partial charge in [0.1, 0.15) is 23.8 Å². The van der Waals surface area contributed by atoms with E-state index in [1.165, 1.54) is 0 Å². The number of cyclic esters (lactones) is 1. The molecule has 2 heterocycles. The van der Waals surface area contributed by atoms with E-state index >= 15 is 0 Å². The molecular weight excluding hydrogens is 422 g/mol. The maximum atomic E-state index is 13.1. The summed E-state index contributed by atoms with van der Waals surface area (Å²) >= 11 is 0. The van der Waals surface area contributed by atoms with E-state index in [9.17, 15) is 19.8 Å². The van der Waals surface area contributed by atoms with Gasteiger partial charge in [-0.15, -0.1) is 0 Å². The lowest BCUT2D eigenvalue weighted by Crippen LogP contribution is -2.45. The molecule has 2 rings (SSSR count). The lowest BCUT2D eigenvalue weighted by molar-refractivity contribution is -0.154. The second-order valence-corrected chi connectivity index (χ2v) is 9.86. The second kappa shape index (κ2) is 11.7. The molecule has 33 heavy (non-hydrogen) atoms. The van der Waals surface area contributed by atoms with E-state index in [2.05, 4.69) is 4.98 Å². The van der Waals surface area contributed by atoms with Gasteiger partial charge in [-0.05, 0) is 43.8 Å². The number of hydrogen-bond acceptors (Lipinski definition) is 7. The summed E-state index contributed by atoms with van der Waals surface area (Å²) in [7, 11) is 0. The molecule has 0 spiro atoms. The molecule has 0 saturated heterocycles. The van der Waals surface area contributed by atoms with Crippen molar-refractivity contribution in [2.75, 3.05) is 0 Å². The van der Waals surface area contributed by atoms with Crippen LogP contribution in [0.5, 0.6) is 0 Å². The number of ether oxygens (including phenoxy) is 1. The van der Waals surface area contributed by atoms with Crippen LogP contribution in [0.25, 0.3) is 6.08 Å². The lowest BCUT2D eigenvalue weighted by Gasteiger charge is -2.34. The van der Waals surface area contributed by atoms with E-state index in [0.29, 0.717) is 18.0 Å². The first kappa shape index (κ1) is 27.0. The van der Waals surface area contributed by atoms with Gasteiger partial charge < -0.3 is 19.4 Å². The molecule has 7 nitrogen and oxygen atoms in total. The van der Waals surface area contributed by atoms with E-state index in [1.54, 1.807) is 34.0 Å². The normalized spacial score (nSPS) is 31.8. The molecule has 7 heteroatoms. The zero-order chi connectivity index (χ0) is 24.8. The Bertz CT molecular complexity index is 868. The van der Waals surface area contributed by atoms with Crippen molar-refractivity contribution in [3.63, 3.8) is 0 Å². The van der Waals surface area contributed by atoms with E-state index in [1.807, 2.05) is 32.1 Å². The fraction of sp³-hybridized carbons (Fsp3) is 0.654. The number of rotatable bonds is 2. The number of aliphatic hydroxyl groups excluding tert-OH is 2. The molecule has 5 atom stereocenters. The average molecular weight is 462 g/mol. The zero-order valence-electron chi connectivity index (χ0n) is 20.7. The number of esters is 1. The minimum Gasteiger partial charge on any atom is -0.457 e. The van der Waals surface area contributed by atoms with E-state index in [4.69, 9.17) is 9.15 Å². The highest BCUT2D eigenvalue weighted by Crippen LogP contribution is 2.32. The summed E-state index contributed by atoms with van der Waals surface area (Å²) in [5.41, 5.74) is 0.248. The number of ketones is 1. The lowest BCUT2D eigenvalue weighted by atomic mass is 9.73. The average Bonchev–Trinajstić information content (AvgIpc) is 3.16.